The second-order valence-corrected chi connectivity index (χ2v) is 8.81. The number of hydrogen-bond donors (Lipinski definition) is 0. The second-order valence-electron chi connectivity index (χ2n) is 8.81. The predicted octanol–water partition coefficient (Wildman–Crippen LogP) is 3.38. The molecule has 3 heterocycles. The van der Waals surface area contributed by atoms with E-state index < -0.39 is 0 Å². The molecule has 27 heavy (non-hydrogen) atoms. The first-order chi connectivity index (χ1) is 12.8. The van der Waals surface area contributed by atoms with Gasteiger partial charge in [-0.05, 0) is 43.5 Å². The number of likely N-dealkylation sites (tertiary alicyclic amines) is 1. The largest absolute Gasteiger partial charge is 0.490 e. The summed E-state index contributed by atoms with van der Waals surface area (Å²) in [7, 11) is 0. The SMILES string of the molecule is C[C@@H]1Cc2cc(C(=O)N3CCC(n4cc(C(C)(C)C)nn4)CC3)ccc2O1. The normalized spacial score (nSPS) is 20.4. The van der Waals surface area contributed by atoms with Crippen molar-refractivity contribution in [1.29, 1.82) is 0 Å². The topological polar surface area (TPSA) is 60.2 Å². The summed E-state index contributed by atoms with van der Waals surface area (Å²) >= 11 is 0. The molecule has 2 aromatic rings. The second kappa shape index (κ2) is 6.66. The van der Waals surface area contributed by atoms with Gasteiger partial charge in [-0.1, -0.05) is 26.0 Å². The van der Waals surface area contributed by atoms with Crippen LogP contribution in [-0.4, -0.2) is 45.0 Å². The fourth-order valence-corrected chi connectivity index (χ4v) is 3.87. The van der Waals surface area contributed by atoms with Crippen molar-refractivity contribution in [3.63, 3.8) is 0 Å². The van der Waals surface area contributed by atoms with Crippen molar-refractivity contribution in [2.45, 2.75) is 64.5 Å². The van der Waals surface area contributed by atoms with Crippen LogP contribution < -0.4 is 4.74 Å². The van der Waals surface area contributed by atoms with Gasteiger partial charge in [-0.15, -0.1) is 5.10 Å². The summed E-state index contributed by atoms with van der Waals surface area (Å²) in [5.74, 6) is 1.03. The lowest BCUT2D eigenvalue weighted by Crippen LogP contribution is -2.39. The number of amides is 1. The molecule has 0 radical (unpaired) electrons. The van der Waals surface area contributed by atoms with Gasteiger partial charge in [-0.2, -0.15) is 0 Å². The highest BCUT2D eigenvalue weighted by atomic mass is 16.5. The summed E-state index contributed by atoms with van der Waals surface area (Å²) in [4.78, 5) is 14.9. The lowest BCUT2D eigenvalue weighted by molar-refractivity contribution is 0.0689. The molecule has 0 bridgehead atoms. The van der Waals surface area contributed by atoms with Gasteiger partial charge in [0.15, 0.2) is 0 Å². The molecule has 0 N–H and O–H groups in total. The molecule has 1 aromatic carbocycles. The van der Waals surface area contributed by atoms with Gasteiger partial charge in [0, 0.05) is 36.7 Å². The van der Waals surface area contributed by atoms with Gasteiger partial charge in [-0.25, -0.2) is 4.68 Å². The van der Waals surface area contributed by atoms with E-state index in [1.165, 1.54) is 0 Å². The molecule has 1 amide bonds. The molecule has 0 aliphatic carbocycles. The zero-order valence-corrected chi connectivity index (χ0v) is 16.6. The minimum Gasteiger partial charge on any atom is -0.490 e. The molecule has 6 nitrogen and oxygen atoms in total. The number of hydrogen-bond acceptors (Lipinski definition) is 4. The number of piperidine rings is 1. The molecular formula is C21H28N4O2. The number of ether oxygens (including phenoxy) is 1. The minimum atomic E-state index is 0.00367. The van der Waals surface area contributed by atoms with Gasteiger partial charge in [-0.3, -0.25) is 4.79 Å². The van der Waals surface area contributed by atoms with Gasteiger partial charge >= 0.3 is 0 Å². The lowest BCUT2D eigenvalue weighted by atomic mass is 9.93. The van der Waals surface area contributed by atoms with E-state index in [0.29, 0.717) is 6.04 Å². The Hall–Kier alpha value is -2.37. The summed E-state index contributed by atoms with van der Waals surface area (Å²) in [6, 6.07) is 6.13. The Morgan fingerprint density at radius 3 is 2.63 bits per heavy atom. The van der Waals surface area contributed by atoms with Crippen LogP contribution in [0.1, 0.15) is 68.2 Å². The standard InChI is InChI=1S/C21H28N4O2/c1-14-11-16-12-15(5-6-18(16)27-14)20(26)24-9-7-17(8-10-24)25-13-19(22-23-25)21(2,3)4/h5-6,12-14,17H,7-11H2,1-4H3/t14-/m1/s1. The average molecular weight is 368 g/mol. The number of carbonyl (C=O) groups is 1. The third-order valence-corrected chi connectivity index (χ3v) is 5.55. The van der Waals surface area contributed by atoms with Crippen LogP contribution in [0.5, 0.6) is 5.75 Å². The summed E-state index contributed by atoms with van der Waals surface area (Å²) in [5, 5.41) is 8.65. The maximum Gasteiger partial charge on any atom is 0.253 e. The van der Waals surface area contributed by atoms with Crippen molar-refractivity contribution in [3.05, 3.63) is 41.2 Å². The molecule has 1 aromatic heterocycles. The van der Waals surface area contributed by atoms with Crippen LogP contribution in [0.2, 0.25) is 0 Å². The van der Waals surface area contributed by atoms with Gasteiger partial charge < -0.3 is 9.64 Å². The maximum absolute atomic E-state index is 12.9. The number of benzene rings is 1. The number of nitrogens with zero attached hydrogens (tertiary/aromatic N) is 4. The number of rotatable bonds is 2. The Bertz CT molecular complexity index is 844. The fourth-order valence-electron chi connectivity index (χ4n) is 3.87. The van der Waals surface area contributed by atoms with Crippen LogP contribution in [0.15, 0.2) is 24.4 Å². The first-order valence-corrected chi connectivity index (χ1v) is 9.82. The van der Waals surface area contributed by atoms with E-state index in [9.17, 15) is 4.79 Å². The smallest absolute Gasteiger partial charge is 0.253 e. The first kappa shape index (κ1) is 18.0. The molecule has 144 valence electrons. The van der Waals surface area contributed by atoms with E-state index in [1.807, 2.05) is 27.8 Å². The van der Waals surface area contributed by atoms with Gasteiger partial charge in [0.2, 0.25) is 0 Å². The molecule has 1 fully saturated rings. The number of carbonyl (C=O) groups excluding carboxylic acids is 1. The van der Waals surface area contributed by atoms with Crippen LogP contribution in [-0.2, 0) is 11.8 Å². The highest BCUT2D eigenvalue weighted by Gasteiger charge is 2.28. The molecule has 1 atom stereocenters. The van der Waals surface area contributed by atoms with Crippen LogP contribution >= 0.6 is 0 Å². The van der Waals surface area contributed by atoms with Gasteiger partial charge in [0.25, 0.3) is 5.91 Å². The molecule has 2 aliphatic rings. The molecule has 1 saturated heterocycles. The fraction of sp³-hybridized carbons (Fsp3) is 0.571. The third kappa shape index (κ3) is 3.57. The Labute approximate surface area is 160 Å². The highest BCUT2D eigenvalue weighted by Crippen LogP contribution is 2.31. The molecular weight excluding hydrogens is 340 g/mol. The number of fused-ring (bicyclic) bond motifs is 1. The Kier molecular flexibility index (Phi) is 4.44. The quantitative estimate of drug-likeness (QED) is 0.815. The van der Waals surface area contributed by atoms with Crippen LogP contribution in [0, 0.1) is 0 Å². The average Bonchev–Trinajstić information content (AvgIpc) is 3.26. The summed E-state index contributed by atoms with van der Waals surface area (Å²) in [6.07, 6.45) is 4.94. The lowest BCUT2D eigenvalue weighted by Gasteiger charge is -2.32. The maximum atomic E-state index is 12.9. The van der Waals surface area contributed by atoms with Crippen molar-refractivity contribution >= 4 is 5.91 Å². The first-order valence-electron chi connectivity index (χ1n) is 9.82. The van der Waals surface area contributed by atoms with Crippen LogP contribution in [0.4, 0.5) is 0 Å². The van der Waals surface area contributed by atoms with Crippen LogP contribution in [0.25, 0.3) is 0 Å². The van der Waals surface area contributed by atoms with E-state index >= 15 is 0 Å². The molecule has 0 saturated carbocycles. The van der Waals surface area contributed by atoms with E-state index in [1.54, 1.807) is 0 Å². The van der Waals surface area contributed by atoms with Gasteiger partial charge in [0.1, 0.15) is 11.9 Å². The van der Waals surface area contributed by atoms with Gasteiger partial charge in [0.05, 0.1) is 11.7 Å². The zero-order chi connectivity index (χ0) is 19.2. The predicted molar refractivity (Wildman–Crippen MR) is 103 cm³/mol. The summed E-state index contributed by atoms with van der Waals surface area (Å²) in [6.45, 7) is 9.99. The highest BCUT2D eigenvalue weighted by molar-refractivity contribution is 5.94. The molecule has 0 unspecified atom stereocenters. The van der Waals surface area contributed by atoms with E-state index in [2.05, 4.69) is 44.2 Å². The van der Waals surface area contributed by atoms with E-state index in [0.717, 1.165) is 54.9 Å². The molecule has 4 rings (SSSR count). The van der Waals surface area contributed by atoms with E-state index in [4.69, 9.17) is 4.74 Å². The molecule has 6 heteroatoms. The van der Waals surface area contributed by atoms with Crippen molar-refractivity contribution < 1.29 is 9.53 Å². The molecule has 2 aliphatic heterocycles. The Morgan fingerprint density at radius 2 is 1.96 bits per heavy atom. The zero-order valence-electron chi connectivity index (χ0n) is 16.6. The van der Waals surface area contributed by atoms with Crippen molar-refractivity contribution in [2.75, 3.05) is 13.1 Å². The van der Waals surface area contributed by atoms with Crippen molar-refractivity contribution in [3.8, 4) is 5.75 Å². The van der Waals surface area contributed by atoms with Crippen molar-refractivity contribution in [2.24, 2.45) is 0 Å². The van der Waals surface area contributed by atoms with Crippen molar-refractivity contribution in [1.82, 2.24) is 19.9 Å². The Balaban J connectivity index is 1.40. The monoisotopic (exact) mass is 368 g/mol. The number of aromatic nitrogens is 3. The summed E-state index contributed by atoms with van der Waals surface area (Å²) in [5.41, 5.74) is 2.92. The molecule has 0 spiro atoms. The minimum absolute atomic E-state index is 0.00367. The van der Waals surface area contributed by atoms with Crippen LogP contribution in [0.3, 0.4) is 0 Å². The summed E-state index contributed by atoms with van der Waals surface area (Å²) < 4.78 is 7.72. The Morgan fingerprint density at radius 1 is 1.22 bits per heavy atom. The van der Waals surface area contributed by atoms with E-state index in [-0.39, 0.29) is 17.4 Å². The third-order valence-electron chi connectivity index (χ3n) is 5.55.